The number of nitrogens with zero attached hydrogens (tertiary/aromatic N) is 5. The number of aliphatic imine (C=N–C) groups is 1. The van der Waals surface area contributed by atoms with Gasteiger partial charge in [0.2, 0.25) is 0 Å². The molecular weight excluding hydrogens is 926 g/mol. The highest BCUT2D eigenvalue weighted by atomic mass is 35.5. The van der Waals surface area contributed by atoms with Crippen molar-refractivity contribution in [2.45, 2.75) is 26.2 Å². The molecule has 0 unspecified atom stereocenters. The highest BCUT2D eigenvalue weighted by molar-refractivity contribution is 7.16. The summed E-state index contributed by atoms with van der Waals surface area (Å²) < 4.78 is 87.0. The van der Waals surface area contributed by atoms with Gasteiger partial charge in [0.15, 0.2) is 10.8 Å². The normalized spacial score (nSPS) is 11.0. The summed E-state index contributed by atoms with van der Waals surface area (Å²) in [4.78, 5) is 55.3. The molecule has 0 aliphatic rings. The Morgan fingerprint density at radius 2 is 1.06 bits per heavy atom. The van der Waals surface area contributed by atoms with E-state index in [2.05, 4.69) is 35.6 Å². The molecule has 0 fully saturated rings. The third-order valence-corrected chi connectivity index (χ3v) is 10.2. The number of pyridine rings is 2. The number of methoxy groups -OCH3 is 2. The van der Waals surface area contributed by atoms with Crippen molar-refractivity contribution in [3.8, 4) is 11.5 Å². The van der Waals surface area contributed by atoms with Crippen molar-refractivity contribution in [2.24, 2.45) is 4.99 Å². The number of ether oxygens (including phenoxy) is 2. The van der Waals surface area contributed by atoms with Crippen LogP contribution in [0, 0.1) is 0 Å². The van der Waals surface area contributed by atoms with Gasteiger partial charge in [-0.3, -0.25) is 19.4 Å². The van der Waals surface area contributed by atoms with Crippen LogP contribution in [-0.2, 0) is 12.4 Å². The van der Waals surface area contributed by atoms with Gasteiger partial charge in [0.05, 0.1) is 59.2 Å². The monoisotopic (exact) mass is 958 g/mol. The number of amides is 2. The van der Waals surface area contributed by atoms with Gasteiger partial charge in [-0.2, -0.15) is 26.3 Å². The average Bonchev–Trinajstić information content (AvgIpc) is 3.96. The smallest absolute Gasteiger partial charge is 0.418 e. The zero-order valence-electron chi connectivity index (χ0n) is 33.2. The number of aliphatic hydroxyl groups is 1. The minimum atomic E-state index is -4.66. The summed E-state index contributed by atoms with van der Waals surface area (Å²) in [6, 6.07) is 15.7. The van der Waals surface area contributed by atoms with Crippen LogP contribution in [0.4, 0.5) is 49.4 Å². The van der Waals surface area contributed by atoms with Gasteiger partial charge in [0.25, 0.3) is 11.8 Å². The molecule has 0 aliphatic heterocycles. The van der Waals surface area contributed by atoms with Gasteiger partial charge < -0.3 is 30.9 Å². The van der Waals surface area contributed by atoms with E-state index >= 15 is 0 Å². The quantitative estimate of drug-likeness (QED) is 0.0465. The Bertz CT molecular complexity index is 2520. The number of aliphatic hydroxyl groups excluding tert-OH is 1. The van der Waals surface area contributed by atoms with Crippen LogP contribution >= 0.6 is 45.9 Å². The van der Waals surface area contributed by atoms with Crippen LogP contribution in [0.1, 0.15) is 59.1 Å². The first-order valence-electron chi connectivity index (χ1n) is 17.2. The lowest BCUT2D eigenvalue weighted by Gasteiger charge is -2.10. The second-order valence-corrected chi connectivity index (χ2v) is 14.7. The summed E-state index contributed by atoms with van der Waals surface area (Å²) in [6.07, 6.45) is -5.20. The SMILES string of the molecule is CC(=O)c1ncc(C(=O)Nc2cc(C(F)(F)F)c(Cl)cn2)s1.CO.COc1ccc(N)cc1.COc1ccc(N=C(C)c2ncc(C(=O)Nc3cc(C(F)(F)F)c(Cl)cn3)s2)cc1. The Labute approximate surface area is 372 Å². The Balaban J connectivity index is 0.000000278. The van der Waals surface area contributed by atoms with Gasteiger partial charge in [-0.25, -0.2) is 19.9 Å². The number of carbonyl (C=O) groups excluding carboxylic acids is 3. The van der Waals surface area contributed by atoms with Crippen LogP contribution in [0.15, 0.2) is 90.4 Å². The van der Waals surface area contributed by atoms with Crippen molar-refractivity contribution in [2.75, 3.05) is 37.7 Å². The molecule has 0 atom stereocenters. The van der Waals surface area contributed by atoms with E-state index in [1.54, 1.807) is 57.5 Å². The largest absolute Gasteiger partial charge is 0.497 e. The number of nitrogen functional groups attached to an aromatic ring is 1. The number of anilines is 3. The maximum atomic E-state index is 12.9. The number of halogens is 8. The summed E-state index contributed by atoms with van der Waals surface area (Å²) >= 11 is 12.9. The van der Waals surface area contributed by atoms with E-state index in [4.69, 9.17) is 43.5 Å². The number of nitrogens with one attached hydrogen (secondary N) is 2. The van der Waals surface area contributed by atoms with E-state index in [1.807, 2.05) is 12.1 Å². The number of nitrogens with two attached hydrogens (primary N) is 1. The minimum Gasteiger partial charge on any atom is -0.497 e. The molecule has 0 bridgehead atoms. The molecule has 0 spiro atoms. The van der Waals surface area contributed by atoms with Crippen LogP contribution in [0.25, 0.3) is 0 Å². The molecule has 4 aromatic heterocycles. The fourth-order valence-corrected chi connectivity index (χ4v) is 6.28. The molecule has 6 rings (SSSR count). The molecule has 4 heterocycles. The Kier molecular flexibility index (Phi) is 18.9. The van der Waals surface area contributed by atoms with E-state index in [9.17, 15) is 40.7 Å². The lowest BCUT2D eigenvalue weighted by molar-refractivity contribution is -0.138. The molecule has 24 heteroatoms. The van der Waals surface area contributed by atoms with Gasteiger partial charge in [0.1, 0.15) is 37.9 Å². The highest BCUT2D eigenvalue weighted by Gasteiger charge is 2.35. The molecule has 0 radical (unpaired) electrons. The van der Waals surface area contributed by atoms with E-state index in [-0.39, 0.29) is 32.2 Å². The molecule has 63 heavy (non-hydrogen) atoms. The van der Waals surface area contributed by atoms with Crippen LogP contribution in [0.5, 0.6) is 11.5 Å². The maximum Gasteiger partial charge on any atom is 0.418 e. The van der Waals surface area contributed by atoms with Crippen LogP contribution in [-0.4, -0.2) is 69.7 Å². The lowest BCUT2D eigenvalue weighted by Crippen LogP contribution is -2.13. The number of hydrogen-bond donors (Lipinski definition) is 4. The van der Waals surface area contributed by atoms with E-state index in [0.29, 0.717) is 34.3 Å². The third kappa shape index (κ3) is 15.6. The molecule has 2 aromatic carbocycles. The van der Waals surface area contributed by atoms with Crippen molar-refractivity contribution < 1.29 is 55.3 Å². The number of ketones is 1. The average molecular weight is 960 g/mol. The fraction of sp³-hybridized carbons (Fsp3) is 0.179. The van der Waals surface area contributed by atoms with Gasteiger partial charge in [-0.05, 0) is 67.6 Å². The molecule has 2 amide bonds. The van der Waals surface area contributed by atoms with Crippen LogP contribution in [0.3, 0.4) is 0 Å². The molecule has 14 nitrogen and oxygen atoms in total. The number of thiazole rings is 2. The van der Waals surface area contributed by atoms with Gasteiger partial charge in [-0.15, -0.1) is 22.7 Å². The number of carbonyl (C=O) groups is 3. The molecule has 5 N–H and O–H groups in total. The molecule has 0 saturated carbocycles. The third-order valence-electron chi connectivity index (χ3n) is 7.36. The zero-order valence-corrected chi connectivity index (χ0v) is 36.4. The van der Waals surface area contributed by atoms with Crippen LogP contribution in [0.2, 0.25) is 10.0 Å². The predicted octanol–water partition coefficient (Wildman–Crippen LogP) is 10.2. The lowest BCUT2D eigenvalue weighted by atomic mass is 10.2. The van der Waals surface area contributed by atoms with E-state index in [1.165, 1.54) is 13.1 Å². The number of hydrogen-bond acceptors (Lipinski definition) is 14. The number of rotatable bonds is 9. The minimum absolute atomic E-state index is 0.0792. The second-order valence-electron chi connectivity index (χ2n) is 11.8. The van der Waals surface area contributed by atoms with E-state index in [0.717, 1.165) is 59.8 Å². The van der Waals surface area contributed by atoms with Crippen LogP contribution < -0.4 is 25.8 Å². The first-order valence-corrected chi connectivity index (χ1v) is 19.6. The predicted molar refractivity (Wildman–Crippen MR) is 229 cm³/mol. The summed E-state index contributed by atoms with van der Waals surface area (Å²) in [5, 5.41) is 11.0. The molecule has 6 aromatic rings. The fourth-order valence-electron chi connectivity index (χ4n) is 4.39. The first kappa shape index (κ1) is 51.2. The molecule has 334 valence electrons. The summed E-state index contributed by atoms with van der Waals surface area (Å²) in [5.41, 5.74) is 5.26. The topological polar surface area (TPSA) is 204 Å². The molecule has 0 saturated heterocycles. The Morgan fingerprint density at radius 1 is 0.667 bits per heavy atom. The van der Waals surface area contributed by atoms with E-state index < -0.39 is 45.3 Å². The van der Waals surface area contributed by atoms with Crippen molar-refractivity contribution in [1.29, 1.82) is 0 Å². The number of Topliss-reactive ketones (excluding diaryl/α,β-unsaturated/α-hetero) is 1. The van der Waals surface area contributed by atoms with Gasteiger partial charge in [-0.1, -0.05) is 23.2 Å². The number of benzene rings is 2. The number of aromatic nitrogens is 4. The standard InChI is InChI=1S/C19H14ClF3N4O2S.C12H7ClF3N3O2S.C7H9NO.CH4O/c1-10(26-11-3-5-12(29-2)6-4-11)18-25-9-15(30-18)17(28)27-16-7-13(19(21,22)23)14(20)8-24-16;1-5(20)11-18-4-8(22-11)10(21)19-9-2-6(12(14,15)16)7(13)3-17-9;1-9-7-4-2-6(8)3-5-7;1-2/h3-9H,1-2H3,(H,24,27,28);2-4H,1H3,(H,17,19,21);2-5H,8H2,1H3;2H,1H3. The van der Waals surface area contributed by atoms with Crippen molar-refractivity contribution in [3.63, 3.8) is 0 Å². The molecule has 0 aliphatic carbocycles. The number of alkyl halides is 6. The summed E-state index contributed by atoms with van der Waals surface area (Å²) in [5.74, 6) is -0.705. The van der Waals surface area contributed by atoms with Crippen molar-refractivity contribution in [3.05, 3.63) is 126 Å². The van der Waals surface area contributed by atoms with Gasteiger partial charge in [0, 0.05) is 32.1 Å². The zero-order chi connectivity index (χ0) is 47.1. The highest BCUT2D eigenvalue weighted by Crippen LogP contribution is 2.36. The summed E-state index contributed by atoms with van der Waals surface area (Å²) in [7, 11) is 4.20. The van der Waals surface area contributed by atoms with Crippen molar-refractivity contribution >= 4 is 92.2 Å². The Hall–Kier alpha value is -6.20. The Morgan fingerprint density at radius 3 is 1.44 bits per heavy atom. The van der Waals surface area contributed by atoms with Gasteiger partial charge >= 0.3 is 12.4 Å². The summed E-state index contributed by atoms with van der Waals surface area (Å²) in [6.45, 7) is 3.03. The first-order chi connectivity index (χ1) is 29.7. The van der Waals surface area contributed by atoms with Crippen molar-refractivity contribution in [1.82, 2.24) is 19.9 Å². The maximum absolute atomic E-state index is 12.9. The second kappa shape index (κ2) is 23.3. The molecular formula is C39H34Cl2F6N8O6S2.